The van der Waals surface area contributed by atoms with Crippen LogP contribution in [0.4, 0.5) is 0 Å². The van der Waals surface area contributed by atoms with Crippen molar-refractivity contribution in [2.75, 3.05) is 0 Å². The Morgan fingerprint density at radius 2 is 0.833 bits per heavy atom. The van der Waals surface area contributed by atoms with Gasteiger partial charge < -0.3 is 0 Å². The van der Waals surface area contributed by atoms with E-state index in [1.165, 1.54) is 54.9 Å². The van der Waals surface area contributed by atoms with Crippen LogP contribution in [0.5, 0.6) is 0 Å². The fourth-order valence-electron chi connectivity index (χ4n) is 4.47. The van der Waals surface area contributed by atoms with Crippen molar-refractivity contribution in [2.45, 2.75) is 66.2 Å². The molecule has 0 atom stereocenters. The molecular weight excluding hydrogens is 360 g/mol. The molecule has 0 saturated carbocycles. The van der Waals surface area contributed by atoms with Crippen LogP contribution in [-0.4, -0.2) is 0 Å². The minimum absolute atomic E-state index is 0.151. The van der Waals surface area contributed by atoms with Crippen LogP contribution in [0.3, 0.4) is 0 Å². The van der Waals surface area contributed by atoms with Crippen molar-refractivity contribution in [3.05, 3.63) is 82.9 Å². The van der Waals surface area contributed by atoms with Crippen LogP contribution < -0.4 is 0 Å². The van der Waals surface area contributed by atoms with Gasteiger partial charge in [0.15, 0.2) is 0 Å². The summed E-state index contributed by atoms with van der Waals surface area (Å²) in [6.07, 6.45) is 0. The van der Waals surface area contributed by atoms with Gasteiger partial charge in [-0.15, -0.1) is 0 Å². The Hall–Kier alpha value is -2.60. The molecule has 0 aromatic heterocycles. The average Bonchev–Trinajstić information content (AvgIpc) is 2.66. The van der Waals surface area contributed by atoms with Gasteiger partial charge in [0.2, 0.25) is 0 Å². The maximum absolute atomic E-state index is 2.37. The molecular formula is C30H34. The first-order valence-electron chi connectivity index (χ1n) is 11.0. The Labute approximate surface area is 182 Å². The first-order valence-corrected chi connectivity index (χ1v) is 11.0. The van der Waals surface area contributed by atoms with E-state index < -0.39 is 0 Å². The highest BCUT2D eigenvalue weighted by atomic mass is 14.2. The van der Waals surface area contributed by atoms with E-state index in [4.69, 9.17) is 0 Å². The topological polar surface area (TPSA) is 0 Å². The quantitative estimate of drug-likeness (QED) is 0.302. The molecule has 0 amide bonds. The first-order chi connectivity index (χ1) is 14.0. The molecule has 0 radical (unpaired) electrons. The standard InChI is InChI=1S/C30H34/c1-19-9-11-21-17-23(29(3,4)5)13-15-25(21)27(19)28-20(2)10-12-22-18-24(30(6,7)8)14-16-26(22)28/h9-18H,1-8H3. The number of rotatable bonds is 1. The third-order valence-electron chi connectivity index (χ3n) is 6.44. The van der Waals surface area contributed by atoms with Crippen LogP contribution in [0.25, 0.3) is 32.7 Å². The summed E-state index contributed by atoms with van der Waals surface area (Å²) in [5.74, 6) is 0. The second kappa shape index (κ2) is 6.98. The van der Waals surface area contributed by atoms with Crippen molar-refractivity contribution in [1.29, 1.82) is 0 Å². The highest BCUT2D eigenvalue weighted by molar-refractivity contribution is 6.08. The van der Waals surface area contributed by atoms with Gasteiger partial charge in [-0.05, 0) is 79.6 Å². The van der Waals surface area contributed by atoms with Gasteiger partial charge in [0, 0.05) is 0 Å². The Balaban J connectivity index is 2.04. The Kier molecular flexibility index (Phi) is 4.81. The first kappa shape index (κ1) is 20.7. The van der Waals surface area contributed by atoms with Crippen LogP contribution in [0.15, 0.2) is 60.7 Å². The molecule has 0 fully saturated rings. The highest BCUT2D eigenvalue weighted by Crippen LogP contribution is 2.40. The molecule has 0 spiro atoms. The second-order valence-electron chi connectivity index (χ2n) is 10.9. The Morgan fingerprint density at radius 3 is 1.17 bits per heavy atom. The normalized spacial score (nSPS) is 12.7. The van der Waals surface area contributed by atoms with Crippen molar-refractivity contribution in [3.8, 4) is 11.1 Å². The van der Waals surface area contributed by atoms with Gasteiger partial charge in [-0.1, -0.05) is 102 Å². The van der Waals surface area contributed by atoms with E-state index in [0.717, 1.165) is 0 Å². The molecule has 0 aliphatic carbocycles. The van der Waals surface area contributed by atoms with Gasteiger partial charge in [0.1, 0.15) is 0 Å². The summed E-state index contributed by atoms with van der Waals surface area (Å²) in [5.41, 5.74) is 8.49. The lowest BCUT2D eigenvalue weighted by Crippen LogP contribution is -2.10. The van der Waals surface area contributed by atoms with Gasteiger partial charge in [0.05, 0.1) is 0 Å². The van der Waals surface area contributed by atoms with Gasteiger partial charge >= 0.3 is 0 Å². The molecule has 0 aliphatic rings. The van der Waals surface area contributed by atoms with Crippen LogP contribution in [0.1, 0.15) is 63.8 Å². The molecule has 4 rings (SSSR count). The van der Waals surface area contributed by atoms with E-state index in [9.17, 15) is 0 Å². The summed E-state index contributed by atoms with van der Waals surface area (Å²) in [5, 5.41) is 5.34. The van der Waals surface area contributed by atoms with E-state index in [1.807, 2.05) is 0 Å². The summed E-state index contributed by atoms with van der Waals surface area (Å²) in [6, 6.07) is 23.2. The van der Waals surface area contributed by atoms with Gasteiger partial charge in [-0.2, -0.15) is 0 Å². The monoisotopic (exact) mass is 394 g/mol. The smallest absolute Gasteiger partial charge is 0.00672 e. The van der Waals surface area contributed by atoms with Gasteiger partial charge in [-0.25, -0.2) is 0 Å². The van der Waals surface area contributed by atoms with E-state index in [-0.39, 0.29) is 10.8 Å². The molecule has 0 heterocycles. The fourth-order valence-corrected chi connectivity index (χ4v) is 4.47. The van der Waals surface area contributed by atoms with Gasteiger partial charge in [0.25, 0.3) is 0 Å². The lowest BCUT2D eigenvalue weighted by molar-refractivity contribution is 0.591. The molecule has 154 valence electrons. The van der Waals surface area contributed by atoms with E-state index in [1.54, 1.807) is 0 Å². The summed E-state index contributed by atoms with van der Waals surface area (Å²) in [4.78, 5) is 0. The zero-order valence-corrected chi connectivity index (χ0v) is 19.8. The number of hydrogen-bond acceptors (Lipinski definition) is 0. The second-order valence-corrected chi connectivity index (χ2v) is 10.9. The highest BCUT2D eigenvalue weighted by Gasteiger charge is 2.19. The van der Waals surface area contributed by atoms with Crippen LogP contribution >= 0.6 is 0 Å². The van der Waals surface area contributed by atoms with E-state index in [2.05, 4.69) is 116 Å². The molecule has 4 aromatic rings. The molecule has 0 aliphatic heterocycles. The zero-order chi connectivity index (χ0) is 21.8. The summed E-state index contributed by atoms with van der Waals surface area (Å²) >= 11 is 0. The maximum atomic E-state index is 2.37. The minimum atomic E-state index is 0.151. The predicted octanol–water partition coefficient (Wildman–Crippen LogP) is 8.87. The molecule has 0 N–H and O–H groups in total. The molecule has 0 saturated heterocycles. The lowest BCUT2D eigenvalue weighted by atomic mass is 9.82. The van der Waals surface area contributed by atoms with Gasteiger partial charge in [-0.3, -0.25) is 0 Å². The zero-order valence-electron chi connectivity index (χ0n) is 19.8. The summed E-state index contributed by atoms with van der Waals surface area (Å²) < 4.78 is 0. The van der Waals surface area contributed by atoms with Crippen molar-refractivity contribution in [1.82, 2.24) is 0 Å². The number of aryl methyl sites for hydroxylation is 2. The molecule has 30 heavy (non-hydrogen) atoms. The summed E-state index contributed by atoms with van der Waals surface area (Å²) in [7, 11) is 0. The third-order valence-corrected chi connectivity index (χ3v) is 6.44. The Morgan fingerprint density at radius 1 is 0.467 bits per heavy atom. The van der Waals surface area contributed by atoms with Crippen LogP contribution in [0.2, 0.25) is 0 Å². The minimum Gasteiger partial charge on any atom is -0.0581 e. The molecule has 0 bridgehead atoms. The van der Waals surface area contributed by atoms with Crippen molar-refractivity contribution >= 4 is 21.5 Å². The average molecular weight is 395 g/mol. The SMILES string of the molecule is Cc1ccc2cc(C(C)(C)C)ccc2c1-c1c(C)ccc2cc(C(C)(C)C)ccc12. The van der Waals surface area contributed by atoms with Crippen molar-refractivity contribution in [2.24, 2.45) is 0 Å². The number of benzene rings is 4. The van der Waals surface area contributed by atoms with Crippen LogP contribution in [-0.2, 0) is 10.8 Å². The van der Waals surface area contributed by atoms with E-state index in [0.29, 0.717) is 0 Å². The molecule has 4 aromatic carbocycles. The summed E-state index contributed by atoms with van der Waals surface area (Å²) in [6.45, 7) is 18.2. The van der Waals surface area contributed by atoms with E-state index >= 15 is 0 Å². The van der Waals surface area contributed by atoms with Crippen molar-refractivity contribution < 1.29 is 0 Å². The fraction of sp³-hybridized carbons (Fsp3) is 0.333. The largest absolute Gasteiger partial charge is 0.0581 e. The maximum Gasteiger partial charge on any atom is -0.00672 e. The molecule has 0 nitrogen and oxygen atoms in total. The Bertz CT molecular complexity index is 1160. The lowest BCUT2D eigenvalue weighted by Gasteiger charge is -2.22. The van der Waals surface area contributed by atoms with Crippen molar-refractivity contribution in [3.63, 3.8) is 0 Å². The molecule has 0 heteroatoms. The number of hydrogen-bond donors (Lipinski definition) is 0. The third kappa shape index (κ3) is 3.54. The predicted molar refractivity (Wildman–Crippen MR) is 134 cm³/mol. The molecule has 0 unspecified atom stereocenters. The van der Waals surface area contributed by atoms with Crippen LogP contribution in [0, 0.1) is 13.8 Å². The number of fused-ring (bicyclic) bond motifs is 2.